The van der Waals surface area contributed by atoms with Gasteiger partial charge in [-0.05, 0) is 24.3 Å². The molecule has 1 atom stereocenters. The number of aryl methyl sites for hydroxylation is 1. The second-order valence-electron chi connectivity index (χ2n) is 4.03. The Morgan fingerprint density at radius 2 is 2.16 bits per heavy atom. The van der Waals surface area contributed by atoms with Gasteiger partial charge in [0.25, 0.3) is 0 Å². The molecule has 0 aliphatic rings. The number of anilines is 1. The van der Waals surface area contributed by atoms with Crippen molar-refractivity contribution in [3.8, 4) is 5.75 Å². The standard InChI is InChI=1S/C14H16N2O2S/c1-18-13-10-11(15)5-6-14(13)19(17)9-7-12-4-2-3-8-16-12/h2-6,8,10H,7,9,15H2,1H3. The van der Waals surface area contributed by atoms with E-state index >= 15 is 0 Å². The number of nitrogens with two attached hydrogens (primary N) is 1. The lowest BCUT2D eigenvalue weighted by Crippen LogP contribution is -2.05. The molecular weight excluding hydrogens is 260 g/mol. The molecular formula is C14H16N2O2S. The van der Waals surface area contributed by atoms with Crippen LogP contribution in [0, 0.1) is 0 Å². The predicted molar refractivity (Wildman–Crippen MR) is 76.6 cm³/mol. The SMILES string of the molecule is COc1cc(N)ccc1S(=O)CCc1ccccn1. The van der Waals surface area contributed by atoms with Crippen molar-refractivity contribution in [1.82, 2.24) is 4.98 Å². The fourth-order valence-electron chi connectivity index (χ4n) is 1.73. The molecule has 0 spiro atoms. The average Bonchev–Trinajstić information content (AvgIpc) is 2.45. The molecule has 4 nitrogen and oxygen atoms in total. The van der Waals surface area contributed by atoms with Crippen LogP contribution in [0.2, 0.25) is 0 Å². The molecule has 0 bridgehead atoms. The van der Waals surface area contributed by atoms with Crippen LogP contribution in [0.25, 0.3) is 0 Å². The Morgan fingerprint density at radius 3 is 2.84 bits per heavy atom. The molecule has 0 fully saturated rings. The first-order chi connectivity index (χ1) is 9.20. The molecule has 0 saturated carbocycles. The van der Waals surface area contributed by atoms with E-state index < -0.39 is 10.8 Å². The van der Waals surface area contributed by atoms with E-state index in [0.717, 1.165) is 5.69 Å². The molecule has 100 valence electrons. The van der Waals surface area contributed by atoms with Gasteiger partial charge in [-0.15, -0.1) is 0 Å². The van der Waals surface area contributed by atoms with Crippen LogP contribution in [0.4, 0.5) is 5.69 Å². The summed E-state index contributed by atoms with van der Waals surface area (Å²) < 4.78 is 17.5. The Morgan fingerprint density at radius 1 is 1.32 bits per heavy atom. The third-order valence-corrected chi connectivity index (χ3v) is 4.11. The lowest BCUT2D eigenvalue weighted by atomic mass is 10.3. The third-order valence-electron chi connectivity index (χ3n) is 2.70. The lowest BCUT2D eigenvalue weighted by Gasteiger charge is -2.09. The first-order valence-electron chi connectivity index (χ1n) is 5.92. The van der Waals surface area contributed by atoms with Crippen molar-refractivity contribution in [2.75, 3.05) is 18.6 Å². The number of pyridine rings is 1. The fourth-order valence-corrected chi connectivity index (χ4v) is 2.93. The van der Waals surface area contributed by atoms with Gasteiger partial charge in [0.05, 0.1) is 22.8 Å². The molecule has 2 N–H and O–H groups in total. The van der Waals surface area contributed by atoms with E-state index in [-0.39, 0.29) is 0 Å². The van der Waals surface area contributed by atoms with Crippen LogP contribution in [-0.2, 0) is 17.2 Å². The summed E-state index contributed by atoms with van der Waals surface area (Å²) in [7, 11) is 0.426. The van der Waals surface area contributed by atoms with Gasteiger partial charge in [-0.1, -0.05) is 6.07 Å². The molecule has 1 aromatic carbocycles. The summed E-state index contributed by atoms with van der Waals surface area (Å²) in [6.07, 6.45) is 2.41. The topological polar surface area (TPSA) is 65.2 Å². The van der Waals surface area contributed by atoms with Crippen LogP contribution in [0.15, 0.2) is 47.5 Å². The molecule has 1 unspecified atom stereocenters. The van der Waals surface area contributed by atoms with Gasteiger partial charge in [0.2, 0.25) is 0 Å². The molecule has 0 saturated heterocycles. The minimum atomic E-state index is -1.12. The van der Waals surface area contributed by atoms with E-state index in [0.29, 0.717) is 28.5 Å². The van der Waals surface area contributed by atoms with Gasteiger partial charge in [0.1, 0.15) is 5.75 Å². The van der Waals surface area contributed by atoms with Crippen LogP contribution in [-0.4, -0.2) is 22.1 Å². The maximum absolute atomic E-state index is 12.3. The highest BCUT2D eigenvalue weighted by atomic mass is 32.2. The number of hydrogen-bond acceptors (Lipinski definition) is 4. The normalized spacial score (nSPS) is 12.1. The van der Waals surface area contributed by atoms with Gasteiger partial charge in [-0.3, -0.25) is 9.19 Å². The van der Waals surface area contributed by atoms with Crippen LogP contribution >= 0.6 is 0 Å². The Labute approximate surface area is 115 Å². The van der Waals surface area contributed by atoms with Crippen molar-refractivity contribution in [1.29, 1.82) is 0 Å². The molecule has 1 aromatic heterocycles. The number of hydrogen-bond donors (Lipinski definition) is 1. The minimum Gasteiger partial charge on any atom is -0.495 e. The van der Waals surface area contributed by atoms with Crippen molar-refractivity contribution in [2.45, 2.75) is 11.3 Å². The summed E-state index contributed by atoms with van der Waals surface area (Å²) >= 11 is 0. The van der Waals surface area contributed by atoms with E-state index in [1.165, 1.54) is 0 Å². The molecule has 5 heteroatoms. The monoisotopic (exact) mass is 276 g/mol. The summed E-state index contributed by atoms with van der Waals surface area (Å²) in [6, 6.07) is 10.9. The molecule has 19 heavy (non-hydrogen) atoms. The number of ether oxygens (including phenoxy) is 1. The Bertz CT molecular complexity index is 573. The Balaban J connectivity index is 2.08. The first-order valence-corrected chi connectivity index (χ1v) is 7.24. The predicted octanol–water partition coefficient (Wildman–Crippen LogP) is 2.02. The van der Waals surface area contributed by atoms with Crippen molar-refractivity contribution in [2.24, 2.45) is 0 Å². The summed E-state index contributed by atoms with van der Waals surface area (Å²) in [5, 5.41) is 0. The Hall–Kier alpha value is -1.88. The van der Waals surface area contributed by atoms with Crippen molar-refractivity contribution >= 4 is 16.5 Å². The van der Waals surface area contributed by atoms with Crippen LogP contribution in [0.5, 0.6) is 5.75 Å². The molecule has 1 heterocycles. The zero-order valence-corrected chi connectivity index (χ0v) is 11.5. The van der Waals surface area contributed by atoms with Gasteiger partial charge in [0.15, 0.2) is 0 Å². The van der Waals surface area contributed by atoms with Gasteiger partial charge < -0.3 is 10.5 Å². The van der Waals surface area contributed by atoms with E-state index in [1.54, 1.807) is 31.5 Å². The van der Waals surface area contributed by atoms with Gasteiger partial charge >= 0.3 is 0 Å². The maximum Gasteiger partial charge on any atom is 0.137 e. The van der Waals surface area contributed by atoms with Crippen LogP contribution < -0.4 is 10.5 Å². The van der Waals surface area contributed by atoms with Crippen LogP contribution in [0.1, 0.15) is 5.69 Å². The van der Waals surface area contributed by atoms with Gasteiger partial charge in [0, 0.05) is 35.8 Å². The van der Waals surface area contributed by atoms with Crippen molar-refractivity contribution < 1.29 is 8.95 Å². The minimum absolute atomic E-state index is 0.511. The zero-order chi connectivity index (χ0) is 13.7. The van der Waals surface area contributed by atoms with Gasteiger partial charge in [-0.2, -0.15) is 0 Å². The fraction of sp³-hybridized carbons (Fsp3) is 0.214. The average molecular weight is 276 g/mol. The molecule has 0 amide bonds. The number of rotatable bonds is 5. The summed E-state index contributed by atoms with van der Waals surface area (Å²) in [6.45, 7) is 0. The molecule has 2 aromatic rings. The van der Waals surface area contributed by atoms with Crippen molar-refractivity contribution in [3.05, 3.63) is 48.3 Å². The summed E-state index contributed by atoms with van der Waals surface area (Å²) in [5.74, 6) is 1.08. The van der Waals surface area contributed by atoms with Crippen molar-refractivity contribution in [3.63, 3.8) is 0 Å². The number of nitrogens with zero attached hydrogens (tertiary/aromatic N) is 1. The highest BCUT2D eigenvalue weighted by Crippen LogP contribution is 2.25. The molecule has 2 rings (SSSR count). The van der Waals surface area contributed by atoms with E-state index in [9.17, 15) is 4.21 Å². The summed E-state index contributed by atoms with van der Waals surface area (Å²) in [5.41, 5.74) is 7.21. The number of methoxy groups -OCH3 is 1. The molecule has 0 radical (unpaired) electrons. The lowest BCUT2D eigenvalue weighted by molar-refractivity contribution is 0.404. The van der Waals surface area contributed by atoms with Gasteiger partial charge in [-0.25, -0.2) is 0 Å². The largest absolute Gasteiger partial charge is 0.495 e. The van der Waals surface area contributed by atoms with E-state index in [4.69, 9.17) is 10.5 Å². The highest BCUT2D eigenvalue weighted by Gasteiger charge is 2.11. The third kappa shape index (κ3) is 3.54. The number of benzene rings is 1. The smallest absolute Gasteiger partial charge is 0.137 e. The second kappa shape index (κ2) is 6.33. The zero-order valence-electron chi connectivity index (χ0n) is 10.7. The quantitative estimate of drug-likeness (QED) is 0.849. The molecule has 0 aliphatic heterocycles. The second-order valence-corrected chi connectivity index (χ2v) is 5.57. The maximum atomic E-state index is 12.3. The van der Waals surface area contributed by atoms with E-state index in [2.05, 4.69) is 4.98 Å². The first kappa shape index (κ1) is 13.5. The highest BCUT2D eigenvalue weighted by molar-refractivity contribution is 7.85. The number of aromatic nitrogens is 1. The Kier molecular flexibility index (Phi) is 4.52. The van der Waals surface area contributed by atoms with Crippen LogP contribution in [0.3, 0.4) is 0 Å². The number of nitrogen functional groups attached to an aromatic ring is 1. The molecule has 0 aliphatic carbocycles. The van der Waals surface area contributed by atoms with E-state index in [1.807, 2.05) is 18.2 Å². The summed E-state index contributed by atoms with van der Waals surface area (Å²) in [4.78, 5) is 4.89.